The molecular formula is C13H15N3O3S. The van der Waals surface area contributed by atoms with Crippen molar-refractivity contribution in [3.63, 3.8) is 0 Å². The van der Waals surface area contributed by atoms with Gasteiger partial charge in [0.05, 0.1) is 18.6 Å². The number of hydrogen-bond donors (Lipinski definition) is 1. The zero-order valence-corrected chi connectivity index (χ0v) is 11.9. The van der Waals surface area contributed by atoms with Crippen molar-refractivity contribution in [2.45, 2.75) is 0 Å². The summed E-state index contributed by atoms with van der Waals surface area (Å²) in [7, 11) is 1.63. The van der Waals surface area contributed by atoms with Gasteiger partial charge in [-0.05, 0) is 17.7 Å². The van der Waals surface area contributed by atoms with E-state index in [0.29, 0.717) is 24.1 Å². The third kappa shape index (κ3) is 4.67. The van der Waals surface area contributed by atoms with Crippen LogP contribution in [-0.2, 0) is 9.53 Å². The van der Waals surface area contributed by atoms with Gasteiger partial charge >= 0.3 is 0 Å². The number of hydrogen-bond acceptors (Lipinski definition) is 6. The van der Waals surface area contributed by atoms with Gasteiger partial charge < -0.3 is 14.8 Å². The highest BCUT2D eigenvalue weighted by Gasteiger charge is 2.15. The molecule has 1 fully saturated rings. The molecule has 0 aliphatic carbocycles. The van der Waals surface area contributed by atoms with Crippen molar-refractivity contribution in [2.75, 3.05) is 26.1 Å². The SMILES string of the molecule is COCCOc1cccc(C=NN=C2NC(=O)CS2)c1. The van der Waals surface area contributed by atoms with Crippen molar-refractivity contribution in [2.24, 2.45) is 10.2 Å². The number of amides is 1. The van der Waals surface area contributed by atoms with Crippen LogP contribution in [0.3, 0.4) is 0 Å². The molecule has 1 saturated heterocycles. The maximum atomic E-state index is 11.0. The van der Waals surface area contributed by atoms with Crippen molar-refractivity contribution >= 4 is 29.1 Å². The second-order valence-electron chi connectivity index (χ2n) is 3.90. The molecule has 1 aliphatic heterocycles. The normalized spacial score (nSPS) is 16.9. The van der Waals surface area contributed by atoms with Gasteiger partial charge in [0.15, 0.2) is 5.17 Å². The Balaban J connectivity index is 1.92. The van der Waals surface area contributed by atoms with Crippen LogP contribution in [0.1, 0.15) is 5.56 Å². The molecule has 20 heavy (non-hydrogen) atoms. The Morgan fingerprint density at radius 2 is 2.35 bits per heavy atom. The molecule has 1 amide bonds. The number of carbonyl (C=O) groups excluding carboxylic acids is 1. The maximum absolute atomic E-state index is 11.0. The fourth-order valence-corrected chi connectivity index (χ4v) is 2.09. The van der Waals surface area contributed by atoms with Crippen molar-refractivity contribution < 1.29 is 14.3 Å². The van der Waals surface area contributed by atoms with Crippen molar-refractivity contribution in [1.29, 1.82) is 0 Å². The first-order valence-electron chi connectivity index (χ1n) is 6.03. The zero-order valence-electron chi connectivity index (χ0n) is 11.0. The van der Waals surface area contributed by atoms with Gasteiger partial charge in [0.25, 0.3) is 0 Å². The van der Waals surface area contributed by atoms with Crippen LogP contribution < -0.4 is 10.1 Å². The highest BCUT2D eigenvalue weighted by atomic mass is 32.2. The number of benzene rings is 1. The molecule has 0 saturated carbocycles. The van der Waals surface area contributed by atoms with Gasteiger partial charge in [-0.25, -0.2) is 0 Å². The Bertz CT molecular complexity index is 531. The first-order chi connectivity index (χ1) is 9.78. The van der Waals surface area contributed by atoms with E-state index in [1.807, 2.05) is 24.3 Å². The van der Waals surface area contributed by atoms with E-state index in [9.17, 15) is 4.79 Å². The van der Waals surface area contributed by atoms with E-state index < -0.39 is 0 Å². The van der Waals surface area contributed by atoms with Crippen LogP contribution in [0.5, 0.6) is 5.75 Å². The molecule has 0 bridgehead atoms. The molecule has 1 aromatic rings. The van der Waals surface area contributed by atoms with E-state index in [1.165, 1.54) is 11.8 Å². The van der Waals surface area contributed by atoms with E-state index in [1.54, 1.807) is 13.3 Å². The molecule has 106 valence electrons. The van der Waals surface area contributed by atoms with Crippen LogP contribution in [0, 0.1) is 0 Å². The van der Waals surface area contributed by atoms with Crippen LogP contribution >= 0.6 is 11.8 Å². The Morgan fingerprint density at radius 3 is 3.10 bits per heavy atom. The highest BCUT2D eigenvalue weighted by Crippen LogP contribution is 2.12. The lowest BCUT2D eigenvalue weighted by atomic mass is 10.2. The molecule has 0 atom stereocenters. The summed E-state index contributed by atoms with van der Waals surface area (Å²) < 4.78 is 10.4. The molecule has 0 spiro atoms. The van der Waals surface area contributed by atoms with E-state index in [2.05, 4.69) is 15.5 Å². The lowest BCUT2D eigenvalue weighted by molar-refractivity contribution is -0.116. The van der Waals surface area contributed by atoms with Crippen LogP contribution in [0.2, 0.25) is 0 Å². The minimum Gasteiger partial charge on any atom is -0.491 e. The molecular weight excluding hydrogens is 278 g/mol. The standard InChI is InChI=1S/C13H15N3O3S/c1-18-5-6-19-11-4-2-3-10(7-11)8-14-16-13-15-12(17)9-20-13/h2-4,7-8H,5-6,9H2,1H3,(H,15,16,17). The maximum Gasteiger partial charge on any atom is 0.236 e. The van der Waals surface area contributed by atoms with Gasteiger partial charge in [-0.3, -0.25) is 4.79 Å². The monoisotopic (exact) mass is 293 g/mol. The van der Waals surface area contributed by atoms with E-state index in [0.717, 1.165) is 11.3 Å². The molecule has 1 heterocycles. The molecule has 0 radical (unpaired) electrons. The quantitative estimate of drug-likeness (QED) is 0.487. The molecule has 7 heteroatoms. The topological polar surface area (TPSA) is 72.3 Å². The van der Waals surface area contributed by atoms with Crippen LogP contribution in [0.15, 0.2) is 34.5 Å². The number of rotatable bonds is 6. The van der Waals surface area contributed by atoms with E-state index in [4.69, 9.17) is 9.47 Å². The summed E-state index contributed by atoms with van der Waals surface area (Å²) in [6.07, 6.45) is 1.61. The first kappa shape index (κ1) is 14.5. The fourth-order valence-electron chi connectivity index (χ4n) is 1.45. The number of nitrogens with zero attached hydrogens (tertiary/aromatic N) is 2. The third-order valence-electron chi connectivity index (χ3n) is 2.36. The molecule has 0 aromatic heterocycles. The summed E-state index contributed by atoms with van der Waals surface area (Å²) in [4.78, 5) is 11.0. The largest absolute Gasteiger partial charge is 0.491 e. The van der Waals surface area contributed by atoms with Crippen LogP contribution in [0.25, 0.3) is 0 Å². The molecule has 1 aliphatic rings. The van der Waals surface area contributed by atoms with Crippen molar-refractivity contribution in [1.82, 2.24) is 5.32 Å². The predicted octanol–water partition coefficient (Wildman–Crippen LogP) is 1.26. The minimum atomic E-state index is -0.0440. The van der Waals surface area contributed by atoms with Gasteiger partial charge in [-0.15, -0.1) is 5.10 Å². The fraction of sp³-hybridized carbons (Fsp3) is 0.308. The Morgan fingerprint density at radius 1 is 1.45 bits per heavy atom. The molecule has 0 unspecified atom stereocenters. The molecule has 6 nitrogen and oxygen atoms in total. The van der Waals surface area contributed by atoms with Gasteiger partial charge in [0, 0.05) is 7.11 Å². The van der Waals surface area contributed by atoms with Gasteiger partial charge in [-0.2, -0.15) is 5.10 Å². The number of methoxy groups -OCH3 is 1. The summed E-state index contributed by atoms with van der Waals surface area (Å²) in [5.74, 6) is 1.11. The van der Waals surface area contributed by atoms with Gasteiger partial charge in [-0.1, -0.05) is 23.9 Å². The first-order valence-corrected chi connectivity index (χ1v) is 7.02. The Labute approximate surface area is 121 Å². The van der Waals surface area contributed by atoms with Crippen molar-refractivity contribution in [3.8, 4) is 5.75 Å². The summed E-state index contributed by atoms with van der Waals surface area (Å²) >= 11 is 1.34. The summed E-state index contributed by atoms with van der Waals surface area (Å²) in [5, 5.41) is 11.0. The predicted molar refractivity (Wildman–Crippen MR) is 79.4 cm³/mol. The average molecular weight is 293 g/mol. The zero-order chi connectivity index (χ0) is 14.2. The molecule has 1 N–H and O–H groups in total. The second-order valence-corrected chi connectivity index (χ2v) is 4.86. The summed E-state index contributed by atoms with van der Waals surface area (Å²) in [5.41, 5.74) is 0.874. The number of carbonyl (C=O) groups is 1. The second kappa shape index (κ2) is 7.66. The van der Waals surface area contributed by atoms with Gasteiger partial charge in [0.2, 0.25) is 5.91 Å². The minimum absolute atomic E-state index is 0.0440. The third-order valence-corrected chi connectivity index (χ3v) is 3.22. The highest BCUT2D eigenvalue weighted by molar-refractivity contribution is 8.15. The number of amidine groups is 1. The lowest BCUT2D eigenvalue weighted by Crippen LogP contribution is -2.19. The van der Waals surface area contributed by atoms with Crippen LogP contribution in [0.4, 0.5) is 0 Å². The average Bonchev–Trinajstić information content (AvgIpc) is 2.85. The Kier molecular flexibility index (Phi) is 5.57. The van der Waals surface area contributed by atoms with Gasteiger partial charge in [0.1, 0.15) is 12.4 Å². The number of ether oxygens (including phenoxy) is 2. The Hall–Kier alpha value is -1.86. The van der Waals surface area contributed by atoms with E-state index in [-0.39, 0.29) is 5.91 Å². The summed E-state index contributed by atoms with van der Waals surface area (Å²) in [6, 6.07) is 7.50. The smallest absolute Gasteiger partial charge is 0.236 e. The van der Waals surface area contributed by atoms with Crippen LogP contribution in [-0.4, -0.2) is 43.4 Å². The van der Waals surface area contributed by atoms with E-state index >= 15 is 0 Å². The number of thioether (sulfide) groups is 1. The summed E-state index contributed by atoms with van der Waals surface area (Å²) in [6.45, 7) is 1.05. The van der Waals surface area contributed by atoms with Crippen molar-refractivity contribution in [3.05, 3.63) is 29.8 Å². The lowest BCUT2D eigenvalue weighted by Gasteiger charge is -2.05. The number of nitrogens with one attached hydrogen (secondary N) is 1. The molecule has 2 rings (SSSR count). The molecule has 1 aromatic carbocycles.